The zero-order valence-corrected chi connectivity index (χ0v) is 7.99. The minimum Gasteiger partial charge on any atom is -0.361 e. The first-order chi connectivity index (χ1) is 7.38. The smallest absolute Gasteiger partial charge is 0.0991 e. The van der Waals surface area contributed by atoms with Crippen molar-refractivity contribution in [2.24, 2.45) is 0 Å². The summed E-state index contributed by atoms with van der Waals surface area (Å²) in [6.07, 6.45) is 1.91. The highest BCUT2D eigenvalue weighted by molar-refractivity contribution is 6.01. The number of nitriles is 1. The maximum absolute atomic E-state index is 8.85. The molecule has 1 N–H and O–H groups in total. The highest BCUT2D eigenvalue weighted by Gasteiger charge is 2.09. The van der Waals surface area contributed by atoms with E-state index in [1.54, 1.807) is 0 Å². The van der Waals surface area contributed by atoms with Gasteiger partial charge in [-0.1, -0.05) is 12.1 Å². The molecule has 0 saturated heterocycles. The predicted molar refractivity (Wildman–Crippen MR) is 59.6 cm³/mol. The van der Waals surface area contributed by atoms with Crippen molar-refractivity contribution in [1.29, 1.82) is 5.26 Å². The SMILES string of the molecule is N#Cc1ccc2cc3[nH]cccc-3c2c1. The van der Waals surface area contributed by atoms with E-state index < -0.39 is 0 Å². The van der Waals surface area contributed by atoms with Crippen LogP contribution in [-0.2, 0) is 0 Å². The molecule has 2 aliphatic rings. The van der Waals surface area contributed by atoms with Crippen molar-refractivity contribution in [2.75, 3.05) is 0 Å². The summed E-state index contributed by atoms with van der Waals surface area (Å²) in [6, 6.07) is 14.1. The van der Waals surface area contributed by atoms with Gasteiger partial charge in [0.05, 0.1) is 11.6 Å². The minimum atomic E-state index is 0.707. The first-order valence-electron chi connectivity index (χ1n) is 4.78. The summed E-state index contributed by atoms with van der Waals surface area (Å²) in [5.74, 6) is 0. The first-order valence-corrected chi connectivity index (χ1v) is 4.78. The van der Waals surface area contributed by atoms with E-state index in [9.17, 15) is 0 Å². The van der Waals surface area contributed by atoms with Crippen LogP contribution in [0.1, 0.15) is 5.56 Å². The van der Waals surface area contributed by atoms with Gasteiger partial charge in [-0.05, 0) is 35.0 Å². The third-order valence-electron chi connectivity index (χ3n) is 2.66. The Hall–Kier alpha value is -2.27. The van der Waals surface area contributed by atoms with Gasteiger partial charge < -0.3 is 4.98 Å². The lowest BCUT2D eigenvalue weighted by molar-refractivity contribution is 1.34. The maximum Gasteiger partial charge on any atom is 0.0991 e. The molecule has 3 rings (SSSR count). The van der Waals surface area contributed by atoms with Crippen molar-refractivity contribution >= 4 is 10.8 Å². The standard InChI is InChI=1S/C13H8N2/c14-8-9-3-4-10-7-13-11(12(10)6-9)2-1-5-15-13/h1-7,15H. The number of hydrogen-bond donors (Lipinski definition) is 1. The van der Waals surface area contributed by atoms with E-state index in [0.29, 0.717) is 5.56 Å². The van der Waals surface area contributed by atoms with Gasteiger partial charge in [0, 0.05) is 17.5 Å². The molecule has 2 heteroatoms. The Morgan fingerprint density at radius 2 is 2.07 bits per heavy atom. The van der Waals surface area contributed by atoms with Crippen LogP contribution >= 0.6 is 0 Å². The summed E-state index contributed by atoms with van der Waals surface area (Å²) >= 11 is 0. The summed E-state index contributed by atoms with van der Waals surface area (Å²) in [4.78, 5) is 3.19. The van der Waals surface area contributed by atoms with E-state index in [-0.39, 0.29) is 0 Å². The number of aromatic amines is 1. The van der Waals surface area contributed by atoms with Crippen molar-refractivity contribution in [3.05, 3.63) is 48.2 Å². The molecule has 0 aromatic heterocycles. The molecule has 1 heterocycles. The van der Waals surface area contributed by atoms with Crippen molar-refractivity contribution < 1.29 is 0 Å². The van der Waals surface area contributed by atoms with Gasteiger partial charge in [-0.3, -0.25) is 0 Å². The van der Waals surface area contributed by atoms with E-state index in [1.807, 2.05) is 30.5 Å². The fourth-order valence-electron chi connectivity index (χ4n) is 1.94. The Bertz CT molecular complexity index is 643. The molecule has 70 valence electrons. The lowest BCUT2D eigenvalue weighted by Crippen LogP contribution is -1.77. The number of aromatic nitrogens is 1. The first kappa shape index (κ1) is 8.07. The van der Waals surface area contributed by atoms with Crippen molar-refractivity contribution in [3.8, 4) is 17.3 Å². The Labute approximate surface area is 87.1 Å². The second-order valence-electron chi connectivity index (χ2n) is 3.56. The van der Waals surface area contributed by atoms with E-state index in [2.05, 4.69) is 23.2 Å². The van der Waals surface area contributed by atoms with Crippen molar-refractivity contribution in [1.82, 2.24) is 4.98 Å². The average molecular weight is 192 g/mol. The fourth-order valence-corrected chi connectivity index (χ4v) is 1.94. The number of rotatable bonds is 0. The minimum absolute atomic E-state index is 0.707. The third-order valence-corrected chi connectivity index (χ3v) is 2.66. The van der Waals surface area contributed by atoms with Gasteiger partial charge in [0.2, 0.25) is 0 Å². The van der Waals surface area contributed by atoms with Gasteiger partial charge in [-0.25, -0.2) is 0 Å². The molecule has 0 spiro atoms. The topological polar surface area (TPSA) is 39.6 Å². The van der Waals surface area contributed by atoms with Crippen LogP contribution in [0.5, 0.6) is 0 Å². The van der Waals surface area contributed by atoms with Gasteiger partial charge in [-0.15, -0.1) is 0 Å². The zero-order valence-electron chi connectivity index (χ0n) is 7.99. The Balaban J connectivity index is 2.46. The van der Waals surface area contributed by atoms with Crippen LogP contribution in [0.15, 0.2) is 42.6 Å². The van der Waals surface area contributed by atoms with Crippen LogP contribution in [0, 0.1) is 11.3 Å². The van der Waals surface area contributed by atoms with Crippen LogP contribution in [-0.4, -0.2) is 4.98 Å². The lowest BCUT2D eigenvalue weighted by Gasteiger charge is -1.97. The molecule has 0 atom stereocenters. The van der Waals surface area contributed by atoms with Crippen LogP contribution < -0.4 is 0 Å². The molecular formula is C13H8N2. The molecule has 0 saturated carbocycles. The highest BCUT2D eigenvalue weighted by atomic mass is 14.7. The van der Waals surface area contributed by atoms with Crippen molar-refractivity contribution in [3.63, 3.8) is 0 Å². The molecule has 0 radical (unpaired) electrons. The normalized spacial score (nSPS) is 10.6. The van der Waals surface area contributed by atoms with E-state index in [1.165, 1.54) is 10.9 Å². The Morgan fingerprint density at radius 1 is 1.13 bits per heavy atom. The second-order valence-corrected chi connectivity index (χ2v) is 3.56. The van der Waals surface area contributed by atoms with Crippen molar-refractivity contribution in [2.45, 2.75) is 0 Å². The number of benzene rings is 1. The number of pyridine rings is 1. The molecule has 2 nitrogen and oxygen atoms in total. The Kier molecular flexibility index (Phi) is 1.54. The van der Waals surface area contributed by atoms with Gasteiger partial charge in [0.25, 0.3) is 0 Å². The quantitative estimate of drug-likeness (QED) is 0.584. The van der Waals surface area contributed by atoms with Gasteiger partial charge in [0.15, 0.2) is 0 Å². The predicted octanol–water partition coefficient (Wildman–Crippen LogP) is 3.14. The third kappa shape index (κ3) is 1.10. The Morgan fingerprint density at radius 3 is 2.93 bits per heavy atom. The molecule has 0 amide bonds. The summed E-state index contributed by atoms with van der Waals surface area (Å²) in [6.45, 7) is 0. The van der Waals surface area contributed by atoms with E-state index in [0.717, 1.165) is 11.1 Å². The van der Waals surface area contributed by atoms with Gasteiger partial charge in [0.1, 0.15) is 0 Å². The highest BCUT2D eigenvalue weighted by Crippen LogP contribution is 2.32. The number of nitrogens with one attached hydrogen (secondary N) is 1. The summed E-state index contributed by atoms with van der Waals surface area (Å²) in [5, 5.41) is 11.2. The van der Waals surface area contributed by atoms with Crippen LogP contribution in [0.2, 0.25) is 0 Å². The van der Waals surface area contributed by atoms with Crippen LogP contribution in [0.25, 0.3) is 22.0 Å². The fraction of sp³-hybridized carbons (Fsp3) is 0. The largest absolute Gasteiger partial charge is 0.361 e. The zero-order chi connectivity index (χ0) is 10.3. The number of H-pyrrole nitrogens is 1. The molecule has 0 bridgehead atoms. The van der Waals surface area contributed by atoms with Gasteiger partial charge in [-0.2, -0.15) is 5.26 Å². The molecule has 0 unspecified atom stereocenters. The molecule has 1 aliphatic carbocycles. The van der Waals surface area contributed by atoms with E-state index in [4.69, 9.17) is 5.26 Å². The summed E-state index contributed by atoms with van der Waals surface area (Å²) in [7, 11) is 0. The van der Waals surface area contributed by atoms with E-state index >= 15 is 0 Å². The molecule has 1 aromatic rings. The van der Waals surface area contributed by atoms with Gasteiger partial charge >= 0.3 is 0 Å². The molecule has 1 aromatic carbocycles. The number of nitrogens with zero attached hydrogens (tertiary/aromatic N) is 1. The molecule has 1 aliphatic heterocycles. The summed E-state index contributed by atoms with van der Waals surface area (Å²) < 4.78 is 0. The lowest BCUT2D eigenvalue weighted by atomic mass is 10.1. The summed E-state index contributed by atoms with van der Waals surface area (Å²) in [5.41, 5.74) is 2.99. The van der Waals surface area contributed by atoms with Crippen LogP contribution in [0.3, 0.4) is 0 Å². The molecule has 0 fully saturated rings. The molecular weight excluding hydrogens is 184 g/mol. The van der Waals surface area contributed by atoms with Crippen LogP contribution in [0.4, 0.5) is 0 Å². The molecule has 15 heavy (non-hydrogen) atoms. The average Bonchev–Trinajstić information content (AvgIpc) is 2.66. The maximum atomic E-state index is 8.85. The monoisotopic (exact) mass is 192 g/mol. The number of hydrogen-bond acceptors (Lipinski definition) is 1. The number of fused-ring (bicyclic) bond motifs is 3. The second kappa shape index (κ2) is 2.86.